The molecule has 0 radical (unpaired) electrons. The van der Waals surface area contributed by atoms with Gasteiger partial charge in [0.1, 0.15) is 5.82 Å². The normalized spacial score (nSPS) is 14.8. The molecule has 0 fully saturated rings. The molecule has 0 saturated carbocycles. The zero-order valence-electron chi connectivity index (χ0n) is 10.4. The van der Waals surface area contributed by atoms with Crippen molar-refractivity contribution in [2.24, 2.45) is 5.73 Å². The highest BCUT2D eigenvalue weighted by molar-refractivity contribution is 5.75. The Morgan fingerprint density at radius 1 is 1.40 bits per heavy atom. The van der Waals surface area contributed by atoms with Crippen molar-refractivity contribution >= 4 is 5.97 Å². The van der Waals surface area contributed by atoms with Crippen molar-refractivity contribution in [3.05, 3.63) is 35.1 Å². The number of halogens is 5. The third-order valence-electron chi connectivity index (χ3n) is 2.52. The minimum absolute atomic E-state index is 0.128. The maximum absolute atomic E-state index is 13.7. The first kappa shape index (κ1) is 16.4. The fourth-order valence-corrected chi connectivity index (χ4v) is 1.55. The van der Waals surface area contributed by atoms with Crippen LogP contribution in [-0.4, -0.2) is 18.7 Å². The highest BCUT2D eigenvalue weighted by Gasteiger charge is 2.37. The number of rotatable bonds is 4. The number of benzene rings is 1. The van der Waals surface area contributed by atoms with Gasteiger partial charge in [-0.05, 0) is 13.0 Å². The van der Waals surface area contributed by atoms with Crippen LogP contribution in [0.1, 0.15) is 24.1 Å². The summed E-state index contributed by atoms with van der Waals surface area (Å²) in [5.41, 5.74) is 3.00. The fourth-order valence-electron chi connectivity index (χ4n) is 1.55. The van der Waals surface area contributed by atoms with Crippen LogP contribution in [-0.2, 0) is 15.7 Å². The predicted octanol–water partition coefficient (Wildman–Crippen LogP) is 2.75. The lowest BCUT2D eigenvalue weighted by Gasteiger charge is -2.18. The molecule has 0 aliphatic heterocycles. The van der Waals surface area contributed by atoms with E-state index >= 15 is 0 Å². The Morgan fingerprint density at radius 3 is 2.50 bits per heavy atom. The molecule has 20 heavy (non-hydrogen) atoms. The van der Waals surface area contributed by atoms with Gasteiger partial charge in [0.25, 0.3) is 0 Å². The van der Waals surface area contributed by atoms with Crippen LogP contribution in [0.3, 0.4) is 0 Å². The van der Waals surface area contributed by atoms with E-state index in [-0.39, 0.29) is 6.61 Å². The molecule has 0 aromatic heterocycles. The molecule has 0 heterocycles. The summed E-state index contributed by atoms with van der Waals surface area (Å²) in [4.78, 5) is 11.1. The first-order valence-corrected chi connectivity index (χ1v) is 5.62. The smallest absolute Gasteiger partial charge is 0.419 e. The Bertz CT molecular complexity index is 489. The summed E-state index contributed by atoms with van der Waals surface area (Å²) in [7, 11) is 0. The second-order valence-corrected chi connectivity index (χ2v) is 3.89. The SMILES string of the molecule is CCOC(=O)C(F)[C@@H](N)c1cccc(C(F)(F)F)c1F. The van der Waals surface area contributed by atoms with E-state index < -0.39 is 41.3 Å². The summed E-state index contributed by atoms with van der Waals surface area (Å²) in [6, 6.07) is 0.403. The van der Waals surface area contributed by atoms with E-state index in [0.29, 0.717) is 6.07 Å². The van der Waals surface area contributed by atoms with Gasteiger partial charge in [-0.15, -0.1) is 0 Å². The van der Waals surface area contributed by atoms with E-state index in [9.17, 15) is 26.7 Å². The quantitative estimate of drug-likeness (QED) is 0.687. The zero-order chi connectivity index (χ0) is 15.5. The van der Waals surface area contributed by atoms with Gasteiger partial charge in [-0.25, -0.2) is 13.6 Å². The average Bonchev–Trinajstić information content (AvgIpc) is 2.36. The molecule has 2 atom stereocenters. The number of nitrogens with two attached hydrogens (primary N) is 1. The number of alkyl halides is 4. The highest BCUT2D eigenvalue weighted by atomic mass is 19.4. The van der Waals surface area contributed by atoms with Crippen LogP contribution in [0.5, 0.6) is 0 Å². The zero-order valence-corrected chi connectivity index (χ0v) is 10.4. The third-order valence-corrected chi connectivity index (χ3v) is 2.52. The van der Waals surface area contributed by atoms with Crippen molar-refractivity contribution in [2.45, 2.75) is 25.3 Å². The standard InChI is InChI=1S/C12H12F5NO2/c1-2-20-11(19)9(14)10(18)6-4-3-5-7(8(6)13)12(15,16)17/h3-5,9-10H,2,18H2,1H3/t9?,10-/m0/s1. The summed E-state index contributed by atoms with van der Waals surface area (Å²) in [5, 5.41) is 0. The van der Waals surface area contributed by atoms with Gasteiger partial charge in [-0.2, -0.15) is 13.2 Å². The van der Waals surface area contributed by atoms with E-state index in [1.807, 2.05) is 0 Å². The predicted molar refractivity (Wildman–Crippen MR) is 59.9 cm³/mol. The summed E-state index contributed by atoms with van der Waals surface area (Å²) < 4.78 is 69.2. The number of esters is 1. The van der Waals surface area contributed by atoms with E-state index in [2.05, 4.69) is 4.74 Å². The van der Waals surface area contributed by atoms with Crippen molar-refractivity contribution in [1.82, 2.24) is 0 Å². The van der Waals surface area contributed by atoms with Crippen molar-refractivity contribution < 1.29 is 31.5 Å². The maximum atomic E-state index is 13.7. The first-order chi connectivity index (χ1) is 9.20. The molecule has 3 nitrogen and oxygen atoms in total. The lowest BCUT2D eigenvalue weighted by atomic mass is 9.99. The third kappa shape index (κ3) is 3.44. The molecule has 1 rings (SSSR count). The molecular formula is C12H12F5NO2. The minimum Gasteiger partial charge on any atom is -0.464 e. The summed E-state index contributed by atoms with van der Waals surface area (Å²) in [6.07, 6.45) is -7.39. The van der Waals surface area contributed by atoms with Crippen molar-refractivity contribution in [2.75, 3.05) is 6.61 Å². The number of carbonyl (C=O) groups is 1. The van der Waals surface area contributed by atoms with Crippen LogP contribution in [0.4, 0.5) is 22.0 Å². The Kier molecular flexibility index (Phi) is 5.04. The van der Waals surface area contributed by atoms with Crippen LogP contribution < -0.4 is 5.73 Å². The lowest BCUT2D eigenvalue weighted by Crippen LogP contribution is -2.32. The maximum Gasteiger partial charge on any atom is 0.419 e. The van der Waals surface area contributed by atoms with Gasteiger partial charge in [-0.1, -0.05) is 12.1 Å². The minimum atomic E-state index is -4.93. The first-order valence-electron chi connectivity index (χ1n) is 5.62. The molecule has 0 amide bonds. The molecule has 0 bridgehead atoms. The number of ether oxygens (including phenoxy) is 1. The molecular weight excluding hydrogens is 285 g/mol. The Hall–Kier alpha value is -1.70. The number of hydrogen-bond acceptors (Lipinski definition) is 3. The van der Waals surface area contributed by atoms with Crippen molar-refractivity contribution in [3.8, 4) is 0 Å². The van der Waals surface area contributed by atoms with Crippen LogP contribution in [0.25, 0.3) is 0 Å². The molecule has 8 heteroatoms. The van der Waals surface area contributed by atoms with E-state index in [1.54, 1.807) is 0 Å². The molecule has 2 N–H and O–H groups in total. The molecule has 112 valence electrons. The fraction of sp³-hybridized carbons (Fsp3) is 0.417. The highest BCUT2D eigenvalue weighted by Crippen LogP contribution is 2.34. The van der Waals surface area contributed by atoms with Crippen LogP contribution >= 0.6 is 0 Å². The van der Waals surface area contributed by atoms with E-state index in [1.165, 1.54) is 6.92 Å². The molecule has 0 aliphatic rings. The van der Waals surface area contributed by atoms with Gasteiger partial charge in [-0.3, -0.25) is 0 Å². The molecule has 1 unspecified atom stereocenters. The summed E-state index contributed by atoms with van der Waals surface area (Å²) >= 11 is 0. The topological polar surface area (TPSA) is 52.3 Å². The molecule has 0 saturated heterocycles. The summed E-state index contributed by atoms with van der Waals surface area (Å²) in [5.74, 6) is -3.05. The van der Waals surface area contributed by atoms with Gasteiger partial charge in [0.2, 0.25) is 6.17 Å². The van der Waals surface area contributed by atoms with Crippen molar-refractivity contribution in [1.29, 1.82) is 0 Å². The number of hydrogen-bond donors (Lipinski definition) is 1. The van der Waals surface area contributed by atoms with Gasteiger partial charge in [0.05, 0.1) is 18.2 Å². The Balaban J connectivity index is 3.11. The molecule has 1 aromatic rings. The van der Waals surface area contributed by atoms with Crippen molar-refractivity contribution in [3.63, 3.8) is 0 Å². The van der Waals surface area contributed by atoms with Gasteiger partial charge in [0.15, 0.2) is 0 Å². The van der Waals surface area contributed by atoms with Crippen LogP contribution in [0, 0.1) is 5.82 Å². The monoisotopic (exact) mass is 297 g/mol. The molecule has 1 aromatic carbocycles. The van der Waals surface area contributed by atoms with Gasteiger partial charge < -0.3 is 10.5 Å². The largest absolute Gasteiger partial charge is 0.464 e. The average molecular weight is 297 g/mol. The summed E-state index contributed by atoms with van der Waals surface area (Å²) in [6.45, 7) is 1.29. The Labute approximate surface area is 111 Å². The van der Waals surface area contributed by atoms with Crippen LogP contribution in [0.2, 0.25) is 0 Å². The lowest BCUT2D eigenvalue weighted by molar-refractivity contribution is -0.149. The van der Waals surface area contributed by atoms with E-state index in [0.717, 1.165) is 12.1 Å². The number of carbonyl (C=O) groups excluding carboxylic acids is 1. The second-order valence-electron chi connectivity index (χ2n) is 3.89. The van der Waals surface area contributed by atoms with Gasteiger partial charge in [0, 0.05) is 5.56 Å². The van der Waals surface area contributed by atoms with E-state index in [4.69, 9.17) is 5.73 Å². The second kappa shape index (κ2) is 6.17. The van der Waals surface area contributed by atoms with Crippen LogP contribution in [0.15, 0.2) is 18.2 Å². The molecule has 0 spiro atoms. The Morgan fingerprint density at radius 2 is 2.00 bits per heavy atom. The molecule has 0 aliphatic carbocycles. The van der Waals surface area contributed by atoms with Gasteiger partial charge >= 0.3 is 12.1 Å².